The van der Waals surface area contributed by atoms with Crippen LogP contribution in [0.15, 0.2) is 4.99 Å². The van der Waals surface area contributed by atoms with Crippen LogP contribution >= 0.6 is 24.0 Å². The summed E-state index contributed by atoms with van der Waals surface area (Å²) in [5.41, 5.74) is 5.70. The third-order valence-corrected chi connectivity index (χ3v) is 2.10. The van der Waals surface area contributed by atoms with Gasteiger partial charge in [-0.3, -0.25) is 4.99 Å². The molecule has 0 radical (unpaired) electrons. The highest BCUT2D eigenvalue weighted by molar-refractivity contribution is 14.0. The molecule has 0 aromatic rings. The van der Waals surface area contributed by atoms with E-state index in [-0.39, 0.29) is 30.0 Å². The average molecular weight is 359 g/mol. The van der Waals surface area contributed by atoms with Crippen LogP contribution in [0.25, 0.3) is 0 Å². The SMILES string of the molecule is COCCCCCN=C(N)NC(C)COC.I. The molecule has 0 bridgehead atoms. The molecule has 0 aliphatic carbocycles. The van der Waals surface area contributed by atoms with Gasteiger partial charge in [-0.2, -0.15) is 0 Å². The molecule has 5 nitrogen and oxygen atoms in total. The standard InChI is InChI=1S/C11H25N3O2.HI/c1-10(9-16-3)14-11(12)13-7-5-4-6-8-15-2;/h10H,4-9H2,1-3H3,(H3,12,13,14);1H. The van der Waals surface area contributed by atoms with Gasteiger partial charge in [0.1, 0.15) is 0 Å². The number of ether oxygens (including phenoxy) is 2. The molecule has 0 aromatic heterocycles. The number of rotatable bonds is 9. The van der Waals surface area contributed by atoms with Gasteiger partial charge in [0.15, 0.2) is 5.96 Å². The van der Waals surface area contributed by atoms with E-state index in [0.29, 0.717) is 12.6 Å². The Labute approximate surface area is 122 Å². The van der Waals surface area contributed by atoms with Crippen molar-refractivity contribution < 1.29 is 9.47 Å². The number of unbranched alkanes of at least 4 members (excludes halogenated alkanes) is 2. The van der Waals surface area contributed by atoms with Gasteiger partial charge in [0, 0.05) is 33.4 Å². The molecule has 0 spiro atoms. The summed E-state index contributed by atoms with van der Waals surface area (Å²) in [6.45, 7) is 4.22. The van der Waals surface area contributed by atoms with E-state index in [0.717, 1.165) is 32.4 Å². The molecule has 0 heterocycles. The van der Waals surface area contributed by atoms with Crippen LogP contribution in [-0.2, 0) is 9.47 Å². The summed E-state index contributed by atoms with van der Waals surface area (Å²) in [7, 11) is 3.39. The lowest BCUT2D eigenvalue weighted by molar-refractivity contribution is 0.179. The predicted molar refractivity (Wildman–Crippen MR) is 82.1 cm³/mol. The van der Waals surface area contributed by atoms with Crippen molar-refractivity contribution in [3.63, 3.8) is 0 Å². The van der Waals surface area contributed by atoms with Crippen molar-refractivity contribution in [1.29, 1.82) is 0 Å². The first-order chi connectivity index (χ1) is 7.70. The van der Waals surface area contributed by atoms with E-state index in [1.165, 1.54) is 0 Å². The fourth-order valence-electron chi connectivity index (χ4n) is 1.32. The zero-order valence-corrected chi connectivity index (χ0v) is 13.4. The van der Waals surface area contributed by atoms with E-state index in [2.05, 4.69) is 10.3 Å². The minimum absolute atomic E-state index is 0. The van der Waals surface area contributed by atoms with E-state index >= 15 is 0 Å². The van der Waals surface area contributed by atoms with Crippen LogP contribution in [-0.4, -0.2) is 46.0 Å². The van der Waals surface area contributed by atoms with Crippen molar-refractivity contribution in [3.8, 4) is 0 Å². The number of nitrogens with zero attached hydrogens (tertiary/aromatic N) is 1. The Kier molecular flexibility index (Phi) is 15.8. The van der Waals surface area contributed by atoms with E-state index in [1.807, 2.05) is 6.92 Å². The Hall–Kier alpha value is -0.0800. The molecule has 0 rings (SSSR count). The fourth-order valence-corrected chi connectivity index (χ4v) is 1.32. The molecule has 1 unspecified atom stereocenters. The highest BCUT2D eigenvalue weighted by atomic mass is 127. The van der Waals surface area contributed by atoms with Crippen molar-refractivity contribution in [2.45, 2.75) is 32.2 Å². The number of guanidine groups is 1. The summed E-state index contributed by atoms with van der Waals surface area (Å²) < 4.78 is 9.95. The Morgan fingerprint density at radius 1 is 1.24 bits per heavy atom. The van der Waals surface area contributed by atoms with E-state index in [4.69, 9.17) is 15.2 Å². The molecule has 104 valence electrons. The van der Waals surface area contributed by atoms with E-state index < -0.39 is 0 Å². The van der Waals surface area contributed by atoms with Crippen molar-refractivity contribution >= 4 is 29.9 Å². The van der Waals surface area contributed by atoms with Gasteiger partial charge in [-0.15, -0.1) is 24.0 Å². The Bertz CT molecular complexity index is 192. The van der Waals surface area contributed by atoms with Gasteiger partial charge in [0.05, 0.1) is 6.61 Å². The normalized spacial score (nSPS) is 13.0. The van der Waals surface area contributed by atoms with Crippen molar-refractivity contribution in [3.05, 3.63) is 0 Å². The van der Waals surface area contributed by atoms with Crippen LogP contribution < -0.4 is 11.1 Å². The van der Waals surface area contributed by atoms with Crippen LogP contribution in [0.3, 0.4) is 0 Å². The van der Waals surface area contributed by atoms with Crippen LogP contribution in [0.2, 0.25) is 0 Å². The topological polar surface area (TPSA) is 68.9 Å². The second-order valence-electron chi connectivity index (χ2n) is 3.82. The maximum Gasteiger partial charge on any atom is 0.188 e. The molecule has 0 fully saturated rings. The lowest BCUT2D eigenvalue weighted by Gasteiger charge is -2.12. The average Bonchev–Trinajstić information content (AvgIpc) is 2.23. The largest absolute Gasteiger partial charge is 0.385 e. The fraction of sp³-hybridized carbons (Fsp3) is 0.909. The summed E-state index contributed by atoms with van der Waals surface area (Å²) in [6, 6.07) is 0.197. The maximum absolute atomic E-state index is 5.70. The molecule has 0 aromatic carbocycles. The summed E-state index contributed by atoms with van der Waals surface area (Å²) in [5.74, 6) is 0.497. The van der Waals surface area contributed by atoms with Gasteiger partial charge in [-0.1, -0.05) is 0 Å². The van der Waals surface area contributed by atoms with Gasteiger partial charge in [0.2, 0.25) is 0 Å². The predicted octanol–water partition coefficient (Wildman–Crippen LogP) is 1.36. The number of methoxy groups -OCH3 is 2. The Morgan fingerprint density at radius 2 is 1.94 bits per heavy atom. The number of hydrogen-bond donors (Lipinski definition) is 2. The molecule has 0 amide bonds. The molecule has 0 aliphatic heterocycles. The summed E-state index contributed by atoms with van der Waals surface area (Å²) in [6.07, 6.45) is 3.25. The summed E-state index contributed by atoms with van der Waals surface area (Å²) >= 11 is 0. The van der Waals surface area contributed by atoms with Gasteiger partial charge in [-0.05, 0) is 26.2 Å². The van der Waals surface area contributed by atoms with E-state index in [9.17, 15) is 0 Å². The third-order valence-electron chi connectivity index (χ3n) is 2.10. The van der Waals surface area contributed by atoms with Crippen molar-refractivity contribution in [2.24, 2.45) is 10.7 Å². The quantitative estimate of drug-likeness (QED) is 0.282. The molecule has 6 heteroatoms. The first-order valence-electron chi connectivity index (χ1n) is 5.75. The zero-order chi connectivity index (χ0) is 12.2. The molecule has 0 saturated heterocycles. The van der Waals surface area contributed by atoms with Gasteiger partial charge >= 0.3 is 0 Å². The molecule has 17 heavy (non-hydrogen) atoms. The number of hydrogen-bond acceptors (Lipinski definition) is 3. The molecule has 0 saturated carbocycles. The molecular weight excluding hydrogens is 333 g/mol. The number of nitrogens with two attached hydrogens (primary N) is 1. The molecule has 1 atom stereocenters. The van der Waals surface area contributed by atoms with Crippen LogP contribution in [0.4, 0.5) is 0 Å². The number of halogens is 1. The summed E-state index contributed by atoms with van der Waals surface area (Å²) in [5, 5.41) is 3.06. The number of aliphatic imine (C=N–C) groups is 1. The first-order valence-corrected chi connectivity index (χ1v) is 5.75. The van der Waals surface area contributed by atoms with Crippen LogP contribution in [0, 0.1) is 0 Å². The van der Waals surface area contributed by atoms with Crippen LogP contribution in [0.5, 0.6) is 0 Å². The number of nitrogens with one attached hydrogen (secondary N) is 1. The van der Waals surface area contributed by atoms with Crippen LogP contribution in [0.1, 0.15) is 26.2 Å². The second-order valence-corrected chi connectivity index (χ2v) is 3.82. The second kappa shape index (κ2) is 14.0. The van der Waals surface area contributed by atoms with Crippen molar-refractivity contribution in [2.75, 3.05) is 34.0 Å². The third kappa shape index (κ3) is 13.9. The first kappa shape index (κ1) is 19.3. The smallest absolute Gasteiger partial charge is 0.188 e. The van der Waals surface area contributed by atoms with Gasteiger partial charge in [0.25, 0.3) is 0 Å². The lowest BCUT2D eigenvalue weighted by Crippen LogP contribution is -2.40. The minimum Gasteiger partial charge on any atom is -0.385 e. The lowest BCUT2D eigenvalue weighted by atomic mass is 10.2. The molecular formula is C11H26IN3O2. The Morgan fingerprint density at radius 3 is 2.53 bits per heavy atom. The van der Waals surface area contributed by atoms with Gasteiger partial charge in [-0.25, -0.2) is 0 Å². The summed E-state index contributed by atoms with van der Waals surface area (Å²) in [4.78, 5) is 4.23. The van der Waals surface area contributed by atoms with Crippen molar-refractivity contribution in [1.82, 2.24) is 5.32 Å². The molecule has 0 aliphatic rings. The highest BCUT2D eigenvalue weighted by Gasteiger charge is 2.00. The minimum atomic E-state index is 0. The maximum atomic E-state index is 5.70. The Balaban J connectivity index is 0. The molecule has 3 N–H and O–H groups in total. The monoisotopic (exact) mass is 359 g/mol. The van der Waals surface area contributed by atoms with Gasteiger partial charge < -0.3 is 20.5 Å². The van der Waals surface area contributed by atoms with E-state index in [1.54, 1.807) is 14.2 Å². The zero-order valence-electron chi connectivity index (χ0n) is 11.1. The highest BCUT2D eigenvalue weighted by Crippen LogP contribution is 1.95.